The molecular weight excluding hydrogens is 296 g/mol. The fourth-order valence-electron chi connectivity index (χ4n) is 2.64. The molecular formula is C20H18N4. The Hall–Kier alpha value is -3.11. The smallest absolute Gasteiger partial charge is 0.178 e. The summed E-state index contributed by atoms with van der Waals surface area (Å²) in [7, 11) is 0. The molecule has 3 aromatic rings. The Morgan fingerprint density at radius 1 is 0.708 bits per heavy atom. The van der Waals surface area contributed by atoms with E-state index in [9.17, 15) is 0 Å². The van der Waals surface area contributed by atoms with E-state index in [1.54, 1.807) is 5.12 Å². The molecule has 0 fully saturated rings. The van der Waals surface area contributed by atoms with Gasteiger partial charge in [-0.25, -0.2) is 5.01 Å². The van der Waals surface area contributed by atoms with Gasteiger partial charge in [-0.15, -0.1) is 10.6 Å². The second-order valence-corrected chi connectivity index (χ2v) is 5.71. The zero-order valence-electron chi connectivity index (χ0n) is 13.4. The molecule has 1 aliphatic rings. The van der Waals surface area contributed by atoms with Crippen LogP contribution in [0, 0.1) is 6.92 Å². The van der Waals surface area contributed by atoms with E-state index < -0.39 is 0 Å². The molecule has 0 unspecified atom stereocenters. The van der Waals surface area contributed by atoms with Crippen molar-refractivity contribution in [1.82, 2.24) is 5.53 Å². The molecule has 1 N–H and O–H groups in total. The topological polar surface area (TPSA) is 30.9 Å². The molecule has 0 saturated heterocycles. The van der Waals surface area contributed by atoms with Crippen molar-refractivity contribution in [3.8, 4) is 0 Å². The summed E-state index contributed by atoms with van der Waals surface area (Å²) in [5, 5.41) is 8.58. The predicted octanol–water partition coefficient (Wildman–Crippen LogP) is 4.10. The van der Waals surface area contributed by atoms with Gasteiger partial charge in [0.05, 0.1) is 11.4 Å². The maximum Gasteiger partial charge on any atom is 0.178 e. The summed E-state index contributed by atoms with van der Waals surface area (Å²) < 4.78 is 0. The third-order valence-electron chi connectivity index (χ3n) is 3.93. The minimum absolute atomic E-state index is 0.863. The highest BCUT2D eigenvalue weighted by molar-refractivity contribution is 6.11. The molecule has 24 heavy (non-hydrogen) atoms. The first-order valence-electron chi connectivity index (χ1n) is 7.93. The summed E-state index contributed by atoms with van der Waals surface area (Å²) in [5.74, 6) is 0.863. The van der Waals surface area contributed by atoms with E-state index >= 15 is 0 Å². The number of amidine groups is 1. The fourth-order valence-corrected chi connectivity index (χ4v) is 2.64. The molecule has 0 radical (unpaired) electrons. The number of hydrazine groups is 2. The van der Waals surface area contributed by atoms with Crippen molar-refractivity contribution in [3.05, 3.63) is 96.1 Å². The number of anilines is 2. The van der Waals surface area contributed by atoms with E-state index in [0.29, 0.717) is 0 Å². The molecule has 4 rings (SSSR count). The molecule has 3 aromatic carbocycles. The third kappa shape index (κ3) is 2.75. The van der Waals surface area contributed by atoms with Crippen LogP contribution in [0.2, 0.25) is 0 Å². The number of rotatable bonds is 3. The average Bonchev–Trinajstić information content (AvgIpc) is 3.09. The number of hydrogen-bond acceptors (Lipinski definition) is 4. The Morgan fingerprint density at radius 2 is 1.33 bits per heavy atom. The van der Waals surface area contributed by atoms with Crippen molar-refractivity contribution in [2.24, 2.45) is 5.10 Å². The lowest BCUT2D eigenvalue weighted by Crippen LogP contribution is -2.43. The van der Waals surface area contributed by atoms with E-state index in [1.807, 2.05) is 41.4 Å². The normalized spacial score (nSPS) is 14.0. The number of nitrogens with zero attached hydrogens (tertiary/aromatic N) is 3. The second-order valence-electron chi connectivity index (χ2n) is 5.71. The lowest BCUT2D eigenvalue weighted by Gasteiger charge is -2.22. The van der Waals surface area contributed by atoms with Crippen LogP contribution in [0.25, 0.3) is 0 Å². The maximum atomic E-state index is 4.78. The van der Waals surface area contributed by atoms with Gasteiger partial charge in [0.1, 0.15) is 0 Å². The Bertz CT molecular complexity index is 842. The number of benzene rings is 3. The molecule has 0 atom stereocenters. The quantitative estimate of drug-likeness (QED) is 0.789. The van der Waals surface area contributed by atoms with Crippen LogP contribution in [0.4, 0.5) is 11.4 Å². The van der Waals surface area contributed by atoms with Crippen LogP contribution >= 0.6 is 0 Å². The highest BCUT2D eigenvalue weighted by atomic mass is 15.9. The number of para-hydroxylation sites is 1. The van der Waals surface area contributed by atoms with Crippen LogP contribution in [-0.2, 0) is 0 Å². The highest BCUT2D eigenvalue weighted by Gasteiger charge is 2.26. The zero-order chi connectivity index (χ0) is 16.4. The lowest BCUT2D eigenvalue weighted by molar-refractivity contribution is 0.718. The van der Waals surface area contributed by atoms with Crippen molar-refractivity contribution in [1.29, 1.82) is 0 Å². The van der Waals surface area contributed by atoms with Crippen LogP contribution in [0.5, 0.6) is 0 Å². The molecule has 0 aliphatic carbocycles. The SMILES string of the molecule is Cc1ccc(N2N=C(c3ccccc3)N(c3ccccc3)N2)cc1. The van der Waals surface area contributed by atoms with Crippen molar-refractivity contribution in [2.75, 3.05) is 10.1 Å². The van der Waals surface area contributed by atoms with Gasteiger partial charge in [0.15, 0.2) is 5.84 Å². The minimum Gasteiger partial charge on any atom is -0.238 e. The van der Waals surface area contributed by atoms with E-state index in [-0.39, 0.29) is 0 Å². The van der Waals surface area contributed by atoms with Gasteiger partial charge in [-0.2, -0.15) is 5.12 Å². The Morgan fingerprint density at radius 3 is 2.00 bits per heavy atom. The summed E-state index contributed by atoms with van der Waals surface area (Å²) in [6.45, 7) is 2.08. The van der Waals surface area contributed by atoms with Crippen LogP contribution in [0.3, 0.4) is 0 Å². The summed E-state index contributed by atoms with van der Waals surface area (Å²) in [5.41, 5.74) is 7.67. The Kier molecular flexibility index (Phi) is 3.73. The monoisotopic (exact) mass is 314 g/mol. The standard InChI is InChI=1S/C20H18N4/c1-16-12-14-19(15-13-16)24-21-20(17-8-4-2-5-9-17)23(22-24)18-10-6-3-7-11-18/h2-15,22H,1H3. The summed E-state index contributed by atoms with van der Waals surface area (Å²) in [6.07, 6.45) is 0. The maximum absolute atomic E-state index is 4.78. The van der Waals surface area contributed by atoms with Gasteiger partial charge in [0, 0.05) is 5.56 Å². The molecule has 4 heteroatoms. The van der Waals surface area contributed by atoms with Gasteiger partial charge < -0.3 is 0 Å². The molecule has 118 valence electrons. The van der Waals surface area contributed by atoms with Crippen molar-refractivity contribution in [3.63, 3.8) is 0 Å². The van der Waals surface area contributed by atoms with Gasteiger partial charge in [-0.1, -0.05) is 66.2 Å². The van der Waals surface area contributed by atoms with Crippen molar-refractivity contribution in [2.45, 2.75) is 6.92 Å². The van der Waals surface area contributed by atoms with E-state index in [2.05, 4.69) is 61.0 Å². The van der Waals surface area contributed by atoms with E-state index in [0.717, 1.165) is 22.8 Å². The largest absolute Gasteiger partial charge is 0.238 e. The summed E-state index contributed by atoms with van der Waals surface area (Å²) in [4.78, 5) is 0. The predicted molar refractivity (Wildman–Crippen MR) is 98.7 cm³/mol. The minimum atomic E-state index is 0.863. The van der Waals surface area contributed by atoms with Gasteiger partial charge >= 0.3 is 0 Å². The lowest BCUT2D eigenvalue weighted by atomic mass is 10.2. The van der Waals surface area contributed by atoms with Crippen molar-refractivity contribution < 1.29 is 0 Å². The molecule has 1 heterocycles. The molecule has 1 aliphatic heterocycles. The second kappa shape index (κ2) is 6.18. The van der Waals surface area contributed by atoms with Gasteiger partial charge in [0.2, 0.25) is 0 Å². The van der Waals surface area contributed by atoms with E-state index in [1.165, 1.54) is 5.56 Å². The number of hydrogen-bond donors (Lipinski definition) is 1. The van der Waals surface area contributed by atoms with Crippen molar-refractivity contribution >= 4 is 17.2 Å². The zero-order valence-corrected chi connectivity index (χ0v) is 13.4. The van der Waals surface area contributed by atoms with Gasteiger partial charge in [0.25, 0.3) is 0 Å². The fraction of sp³-hybridized carbons (Fsp3) is 0.0500. The first-order valence-corrected chi connectivity index (χ1v) is 7.93. The molecule has 0 amide bonds. The number of aryl methyl sites for hydroxylation is 1. The highest BCUT2D eigenvalue weighted by Crippen LogP contribution is 2.24. The van der Waals surface area contributed by atoms with Gasteiger partial charge in [-0.3, -0.25) is 0 Å². The number of nitrogens with one attached hydrogen (secondary N) is 1. The molecule has 0 aromatic heterocycles. The first-order chi connectivity index (χ1) is 11.8. The van der Waals surface area contributed by atoms with Crippen LogP contribution in [0.1, 0.15) is 11.1 Å². The van der Waals surface area contributed by atoms with Crippen LogP contribution in [-0.4, -0.2) is 5.84 Å². The Balaban J connectivity index is 1.75. The Labute approximate surface area is 141 Å². The molecule has 0 saturated carbocycles. The molecule has 4 nitrogen and oxygen atoms in total. The number of hydrazone groups is 1. The van der Waals surface area contributed by atoms with Gasteiger partial charge in [-0.05, 0) is 31.2 Å². The average molecular weight is 314 g/mol. The molecule has 0 spiro atoms. The van der Waals surface area contributed by atoms with E-state index in [4.69, 9.17) is 5.10 Å². The first kappa shape index (κ1) is 14.5. The van der Waals surface area contributed by atoms with Crippen LogP contribution < -0.4 is 15.7 Å². The summed E-state index contributed by atoms with van der Waals surface area (Å²) in [6, 6.07) is 28.6. The third-order valence-corrected chi connectivity index (χ3v) is 3.93. The summed E-state index contributed by atoms with van der Waals surface area (Å²) >= 11 is 0. The van der Waals surface area contributed by atoms with Crippen LogP contribution in [0.15, 0.2) is 90.0 Å². The molecule has 0 bridgehead atoms.